The fraction of sp³-hybridized carbons (Fsp3) is 0.471. The zero-order chi connectivity index (χ0) is 15.9. The quantitative estimate of drug-likeness (QED) is 0.910. The smallest absolute Gasteiger partial charge is 0.105 e. The Morgan fingerprint density at radius 2 is 2.32 bits per heavy atom. The lowest BCUT2D eigenvalue weighted by Gasteiger charge is -2.29. The van der Waals surface area contributed by atoms with Crippen LogP contribution in [0.1, 0.15) is 25.1 Å². The molecule has 1 aromatic carbocycles. The summed E-state index contributed by atoms with van der Waals surface area (Å²) < 4.78 is 8.91. The zero-order valence-electron chi connectivity index (χ0n) is 12.8. The minimum Gasteiger partial charge on any atom is -0.396 e. The second kappa shape index (κ2) is 5.69. The second-order valence-corrected chi connectivity index (χ2v) is 7.23. The van der Waals surface area contributed by atoms with Crippen molar-refractivity contribution < 1.29 is 9.84 Å². The van der Waals surface area contributed by atoms with Crippen molar-refractivity contribution in [1.82, 2.24) is 4.57 Å². The van der Waals surface area contributed by atoms with Crippen molar-refractivity contribution in [3.8, 4) is 6.07 Å². The number of ether oxygens (including phenoxy) is 1. The molecule has 0 saturated carbocycles. The van der Waals surface area contributed by atoms with Crippen LogP contribution < -0.4 is 0 Å². The van der Waals surface area contributed by atoms with Gasteiger partial charge in [-0.2, -0.15) is 5.26 Å². The van der Waals surface area contributed by atoms with Gasteiger partial charge in [-0.3, -0.25) is 0 Å². The topological polar surface area (TPSA) is 58.2 Å². The Bertz CT molecular complexity index is 762. The van der Waals surface area contributed by atoms with E-state index in [-0.39, 0.29) is 12.5 Å². The van der Waals surface area contributed by atoms with E-state index in [9.17, 15) is 10.4 Å². The summed E-state index contributed by atoms with van der Waals surface area (Å²) in [4.78, 5) is 0. The molecular weight excluding hydrogens is 344 g/mol. The van der Waals surface area contributed by atoms with Gasteiger partial charge in [0, 0.05) is 39.8 Å². The molecule has 4 nitrogen and oxygen atoms in total. The molecule has 2 unspecified atom stereocenters. The van der Waals surface area contributed by atoms with Gasteiger partial charge in [-0.1, -0.05) is 28.9 Å². The summed E-state index contributed by atoms with van der Waals surface area (Å²) in [6, 6.07) is 8.58. The number of nitrogens with zero attached hydrogens (tertiary/aromatic N) is 2. The maximum Gasteiger partial charge on any atom is 0.105 e. The summed E-state index contributed by atoms with van der Waals surface area (Å²) >= 11 is 3.53. The zero-order valence-corrected chi connectivity index (χ0v) is 14.4. The van der Waals surface area contributed by atoms with E-state index in [2.05, 4.69) is 38.7 Å². The molecule has 0 fully saturated rings. The summed E-state index contributed by atoms with van der Waals surface area (Å²) in [5.74, 6) is 0.147. The van der Waals surface area contributed by atoms with Crippen LogP contribution in [0.4, 0.5) is 0 Å². The molecular formula is C17H19BrN2O2. The number of nitriles is 1. The number of fused-ring (bicyclic) bond motifs is 3. The van der Waals surface area contributed by atoms with Gasteiger partial charge in [-0.25, -0.2) is 0 Å². The molecule has 2 heterocycles. The Morgan fingerprint density at radius 1 is 1.55 bits per heavy atom. The lowest BCUT2D eigenvalue weighted by atomic mass is 9.81. The summed E-state index contributed by atoms with van der Waals surface area (Å²) in [6.45, 7) is 5.73. The van der Waals surface area contributed by atoms with Crippen molar-refractivity contribution in [1.29, 1.82) is 5.26 Å². The van der Waals surface area contributed by atoms with Gasteiger partial charge in [0.25, 0.3) is 0 Å². The Morgan fingerprint density at radius 3 is 3.00 bits per heavy atom. The third kappa shape index (κ3) is 2.36. The van der Waals surface area contributed by atoms with Crippen molar-refractivity contribution in [2.75, 3.05) is 13.2 Å². The van der Waals surface area contributed by atoms with Gasteiger partial charge in [-0.05, 0) is 25.0 Å². The van der Waals surface area contributed by atoms with Crippen molar-refractivity contribution in [3.05, 3.63) is 33.9 Å². The van der Waals surface area contributed by atoms with Crippen LogP contribution in [0.3, 0.4) is 0 Å². The van der Waals surface area contributed by atoms with E-state index in [1.54, 1.807) is 0 Å². The second-order valence-electron chi connectivity index (χ2n) is 6.32. The lowest BCUT2D eigenvalue weighted by molar-refractivity contribution is 0.0708. The van der Waals surface area contributed by atoms with Gasteiger partial charge < -0.3 is 14.4 Å². The Balaban J connectivity index is 2.31. The van der Waals surface area contributed by atoms with Crippen LogP contribution in [0.5, 0.6) is 0 Å². The van der Waals surface area contributed by atoms with Crippen LogP contribution >= 0.6 is 15.9 Å². The van der Waals surface area contributed by atoms with Crippen LogP contribution in [0.25, 0.3) is 10.9 Å². The van der Waals surface area contributed by atoms with Crippen molar-refractivity contribution in [2.24, 2.45) is 5.92 Å². The normalized spacial score (nSPS) is 22.3. The Kier molecular flexibility index (Phi) is 4.02. The average Bonchev–Trinajstić information content (AvgIpc) is 2.82. The predicted octanol–water partition coefficient (Wildman–Crippen LogP) is 3.34. The fourth-order valence-corrected chi connectivity index (χ4v) is 3.58. The molecule has 2 aromatic rings. The third-order valence-corrected chi connectivity index (χ3v) is 4.86. The lowest BCUT2D eigenvalue weighted by Crippen LogP contribution is -2.32. The monoisotopic (exact) mass is 362 g/mol. The van der Waals surface area contributed by atoms with Crippen molar-refractivity contribution in [2.45, 2.75) is 32.4 Å². The molecule has 1 N–H and O–H groups in total. The first-order chi connectivity index (χ1) is 10.5. The predicted molar refractivity (Wildman–Crippen MR) is 88.5 cm³/mol. The van der Waals surface area contributed by atoms with Gasteiger partial charge >= 0.3 is 0 Å². The van der Waals surface area contributed by atoms with E-state index in [0.29, 0.717) is 19.8 Å². The first-order valence-electron chi connectivity index (χ1n) is 7.41. The standard InChI is InChI=1S/C17H19BrN2O2/c1-11(7-21)6-20-14-5-12(18)3-4-13(14)16-15(20)8-22-10-17(16,2)9-19/h3-5,11,21H,6-8,10H2,1-2H3. The van der Waals surface area contributed by atoms with E-state index in [4.69, 9.17) is 4.74 Å². The molecule has 2 atom stereocenters. The molecule has 1 aliphatic heterocycles. The number of aliphatic hydroxyl groups is 1. The molecule has 0 saturated heterocycles. The molecule has 0 amide bonds. The minimum absolute atomic E-state index is 0.138. The average molecular weight is 363 g/mol. The molecule has 0 bridgehead atoms. The van der Waals surface area contributed by atoms with E-state index >= 15 is 0 Å². The Labute approximate surface area is 138 Å². The summed E-state index contributed by atoms with van der Waals surface area (Å²) in [7, 11) is 0. The number of hydrogen-bond donors (Lipinski definition) is 1. The molecule has 3 rings (SSSR count). The van der Waals surface area contributed by atoms with Crippen LogP contribution in [0.15, 0.2) is 22.7 Å². The SMILES string of the molecule is CC(CO)Cn1c2c(c3ccc(Br)cc31)C(C)(C#N)COC2. The highest BCUT2D eigenvalue weighted by molar-refractivity contribution is 9.10. The highest BCUT2D eigenvalue weighted by atomic mass is 79.9. The third-order valence-electron chi connectivity index (χ3n) is 4.37. The molecule has 0 aliphatic carbocycles. The number of halogens is 1. The van der Waals surface area contributed by atoms with E-state index < -0.39 is 5.41 Å². The molecule has 0 spiro atoms. The summed E-state index contributed by atoms with van der Waals surface area (Å²) in [6.07, 6.45) is 0. The van der Waals surface area contributed by atoms with Crippen molar-refractivity contribution >= 4 is 26.8 Å². The van der Waals surface area contributed by atoms with Gasteiger partial charge in [-0.15, -0.1) is 0 Å². The number of hydrogen-bond acceptors (Lipinski definition) is 3. The number of rotatable bonds is 3. The van der Waals surface area contributed by atoms with Gasteiger partial charge in [0.2, 0.25) is 0 Å². The molecule has 22 heavy (non-hydrogen) atoms. The van der Waals surface area contributed by atoms with Crippen LogP contribution in [-0.4, -0.2) is 22.9 Å². The minimum atomic E-state index is -0.632. The van der Waals surface area contributed by atoms with Gasteiger partial charge in [0.15, 0.2) is 0 Å². The first-order valence-corrected chi connectivity index (χ1v) is 8.20. The fourth-order valence-electron chi connectivity index (χ4n) is 3.23. The molecule has 0 radical (unpaired) electrons. The van der Waals surface area contributed by atoms with E-state index in [1.165, 1.54) is 0 Å². The van der Waals surface area contributed by atoms with Crippen molar-refractivity contribution in [3.63, 3.8) is 0 Å². The van der Waals surface area contributed by atoms with E-state index in [1.807, 2.05) is 19.9 Å². The Hall–Kier alpha value is -1.35. The highest BCUT2D eigenvalue weighted by Crippen LogP contribution is 2.40. The van der Waals surface area contributed by atoms with Crippen LogP contribution in [0.2, 0.25) is 0 Å². The largest absolute Gasteiger partial charge is 0.396 e. The van der Waals surface area contributed by atoms with Crippen LogP contribution in [-0.2, 0) is 23.3 Å². The molecule has 1 aromatic heterocycles. The summed E-state index contributed by atoms with van der Waals surface area (Å²) in [5.41, 5.74) is 2.59. The molecule has 116 valence electrons. The van der Waals surface area contributed by atoms with Gasteiger partial charge in [0.1, 0.15) is 5.41 Å². The first kappa shape index (κ1) is 15.5. The van der Waals surface area contributed by atoms with Gasteiger partial charge in [0.05, 0.1) is 19.3 Å². The van der Waals surface area contributed by atoms with Crippen LogP contribution in [0, 0.1) is 17.2 Å². The number of benzene rings is 1. The highest BCUT2D eigenvalue weighted by Gasteiger charge is 2.38. The number of aliphatic hydroxyl groups excluding tert-OH is 1. The summed E-state index contributed by atoms with van der Waals surface area (Å²) in [5, 5.41) is 20.2. The maximum atomic E-state index is 9.66. The maximum absolute atomic E-state index is 9.66. The van der Waals surface area contributed by atoms with E-state index in [0.717, 1.165) is 26.6 Å². The number of aromatic nitrogens is 1. The molecule has 5 heteroatoms. The molecule has 1 aliphatic rings.